The van der Waals surface area contributed by atoms with Crippen molar-refractivity contribution in [1.82, 2.24) is 30.1 Å². The summed E-state index contributed by atoms with van der Waals surface area (Å²) in [6.45, 7) is 8.78. The van der Waals surface area contributed by atoms with Crippen LogP contribution in [-0.4, -0.2) is 49.9 Å². The maximum atomic E-state index is 13.2. The third-order valence-electron chi connectivity index (χ3n) is 7.54. The molecule has 0 saturated carbocycles. The zero-order chi connectivity index (χ0) is 26.6. The van der Waals surface area contributed by atoms with Gasteiger partial charge in [0.25, 0.3) is 5.56 Å². The number of hydrogen-bond acceptors (Lipinski definition) is 7. The molecule has 9 heteroatoms. The zero-order valence-corrected chi connectivity index (χ0v) is 22.6. The van der Waals surface area contributed by atoms with Gasteiger partial charge in [-0.25, -0.2) is 4.68 Å². The SMILES string of the molecule is CC[C@@H](c1nnnn1C[C@@H]1CCCO1)N(Cc1ccc(OC)cc1)Cc1cc2cc(C)c(C)cc2[nH]c1=O. The molecule has 0 amide bonds. The van der Waals surface area contributed by atoms with E-state index in [1.165, 1.54) is 5.56 Å². The number of H-pyrrole nitrogens is 1. The van der Waals surface area contributed by atoms with E-state index >= 15 is 0 Å². The van der Waals surface area contributed by atoms with E-state index in [0.717, 1.165) is 59.5 Å². The van der Waals surface area contributed by atoms with Crippen LogP contribution in [0.2, 0.25) is 0 Å². The first-order chi connectivity index (χ1) is 18.4. The number of benzene rings is 2. The molecule has 0 bridgehead atoms. The number of tetrazole rings is 1. The van der Waals surface area contributed by atoms with Crippen molar-refractivity contribution < 1.29 is 9.47 Å². The van der Waals surface area contributed by atoms with Gasteiger partial charge in [-0.05, 0) is 95.9 Å². The highest BCUT2D eigenvalue weighted by atomic mass is 16.5. The van der Waals surface area contributed by atoms with Crippen molar-refractivity contribution in [3.63, 3.8) is 0 Å². The Hall–Kier alpha value is -3.56. The number of methoxy groups -OCH3 is 1. The third-order valence-corrected chi connectivity index (χ3v) is 7.54. The Morgan fingerprint density at radius 2 is 1.95 bits per heavy atom. The highest BCUT2D eigenvalue weighted by Gasteiger charge is 2.28. The fraction of sp³-hybridized carbons (Fsp3) is 0.448. The van der Waals surface area contributed by atoms with Crippen LogP contribution in [0.4, 0.5) is 0 Å². The Labute approximate surface area is 222 Å². The second-order valence-electron chi connectivity index (χ2n) is 10.2. The Bertz CT molecular complexity index is 1440. The van der Waals surface area contributed by atoms with Crippen LogP contribution >= 0.6 is 0 Å². The molecule has 0 spiro atoms. The third kappa shape index (κ3) is 5.63. The molecule has 1 fully saturated rings. The van der Waals surface area contributed by atoms with Gasteiger partial charge < -0.3 is 14.5 Å². The van der Waals surface area contributed by atoms with Crippen molar-refractivity contribution >= 4 is 10.9 Å². The molecule has 2 atom stereocenters. The van der Waals surface area contributed by atoms with Gasteiger partial charge in [-0.1, -0.05) is 19.1 Å². The first-order valence-electron chi connectivity index (χ1n) is 13.3. The van der Waals surface area contributed by atoms with Gasteiger partial charge in [0.1, 0.15) is 5.75 Å². The second-order valence-corrected chi connectivity index (χ2v) is 10.2. The van der Waals surface area contributed by atoms with Crippen LogP contribution < -0.4 is 10.3 Å². The normalized spacial score (nSPS) is 16.4. The van der Waals surface area contributed by atoms with E-state index in [-0.39, 0.29) is 17.7 Å². The number of nitrogens with zero attached hydrogens (tertiary/aromatic N) is 5. The van der Waals surface area contributed by atoms with Crippen LogP contribution in [-0.2, 0) is 24.4 Å². The summed E-state index contributed by atoms with van der Waals surface area (Å²) in [5.41, 5.74) is 4.97. The molecule has 0 unspecified atom stereocenters. The second kappa shape index (κ2) is 11.4. The van der Waals surface area contributed by atoms with Crippen LogP contribution in [0.5, 0.6) is 5.75 Å². The molecular formula is C29H36N6O3. The van der Waals surface area contributed by atoms with E-state index < -0.39 is 0 Å². The molecule has 1 saturated heterocycles. The summed E-state index contributed by atoms with van der Waals surface area (Å²) in [7, 11) is 1.66. The van der Waals surface area contributed by atoms with Gasteiger partial charge in [-0.2, -0.15) is 0 Å². The first kappa shape index (κ1) is 26.1. The van der Waals surface area contributed by atoms with E-state index in [9.17, 15) is 4.79 Å². The molecule has 5 rings (SSSR count). The molecular weight excluding hydrogens is 480 g/mol. The van der Waals surface area contributed by atoms with Crippen molar-refractivity contribution in [2.45, 2.75) is 71.8 Å². The van der Waals surface area contributed by atoms with Gasteiger partial charge in [-0.3, -0.25) is 9.69 Å². The first-order valence-corrected chi connectivity index (χ1v) is 13.3. The van der Waals surface area contributed by atoms with E-state index in [0.29, 0.717) is 25.2 Å². The molecule has 2 aromatic carbocycles. The molecule has 9 nitrogen and oxygen atoms in total. The van der Waals surface area contributed by atoms with Crippen LogP contribution in [0.1, 0.15) is 60.3 Å². The number of fused-ring (bicyclic) bond motifs is 1. The summed E-state index contributed by atoms with van der Waals surface area (Å²) in [5.74, 6) is 1.60. The molecule has 1 aliphatic heterocycles. The lowest BCUT2D eigenvalue weighted by molar-refractivity contribution is 0.0888. The van der Waals surface area contributed by atoms with Gasteiger partial charge in [-0.15, -0.1) is 5.10 Å². The predicted molar refractivity (Wildman–Crippen MR) is 146 cm³/mol. The zero-order valence-electron chi connectivity index (χ0n) is 22.6. The fourth-order valence-corrected chi connectivity index (χ4v) is 5.27. The average Bonchev–Trinajstić information content (AvgIpc) is 3.59. The molecule has 1 N–H and O–H groups in total. The smallest absolute Gasteiger partial charge is 0.252 e. The van der Waals surface area contributed by atoms with Crippen LogP contribution in [0, 0.1) is 13.8 Å². The summed E-state index contributed by atoms with van der Waals surface area (Å²) >= 11 is 0. The molecule has 2 aromatic heterocycles. The van der Waals surface area contributed by atoms with Gasteiger partial charge in [0.15, 0.2) is 5.82 Å². The Balaban J connectivity index is 1.50. The topological polar surface area (TPSA) is 98.2 Å². The van der Waals surface area contributed by atoms with E-state index in [1.54, 1.807) is 7.11 Å². The Kier molecular flexibility index (Phi) is 7.85. The van der Waals surface area contributed by atoms with E-state index in [1.807, 2.05) is 28.9 Å². The fourth-order valence-electron chi connectivity index (χ4n) is 5.27. The van der Waals surface area contributed by atoms with Crippen molar-refractivity contribution in [1.29, 1.82) is 0 Å². The van der Waals surface area contributed by atoms with Crippen molar-refractivity contribution in [3.05, 3.63) is 80.9 Å². The predicted octanol–water partition coefficient (Wildman–Crippen LogP) is 4.47. The van der Waals surface area contributed by atoms with Crippen molar-refractivity contribution in [3.8, 4) is 5.75 Å². The molecule has 0 radical (unpaired) electrons. The lowest BCUT2D eigenvalue weighted by Gasteiger charge is -2.30. The number of rotatable bonds is 10. The number of aryl methyl sites for hydroxylation is 2. The minimum atomic E-state index is -0.0941. The van der Waals surface area contributed by atoms with Gasteiger partial charge in [0, 0.05) is 30.8 Å². The molecule has 4 aromatic rings. The minimum absolute atomic E-state index is 0.0747. The number of aromatic nitrogens is 5. The van der Waals surface area contributed by atoms with Crippen LogP contribution in [0.15, 0.2) is 47.3 Å². The van der Waals surface area contributed by atoms with Crippen molar-refractivity contribution in [2.24, 2.45) is 0 Å². The summed E-state index contributed by atoms with van der Waals surface area (Å²) in [6.07, 6.45) is 2.98. The molecule has 200 valence electrons. The Morgan fingerprint density at radius 1 is 1.16 bits per heavy atom. The number of aromatic amines is 1. The number of hydrogen-bond donors (Lipinski definition) is 1. The number of pyridine rings is 1. The van der Waals surface area contributed by atoms with E-state index in [2.05, 4.69) is 64.4 Å². The van der Waals surface area contributed by atoms with Gasteiger partial charge in [0.05, 0.1) is 25.8 Å². The molecule has 3 heterocycles. The molecule has 38 heavy (non-hydrogen) atoms. The number of ether oxygens (including phenoxy) is 2. The monoisotopic (exact) mass is 516 g/mol. The number of nitrogens with one attached hydrogen (secondary N) is 1. The highest BCUT2D eigenvalue weighted by Crippen LogP contribution is 2.28. The summed E-state index contributed by atoms with van der Waals surface area (Å²) in [5, 5.41) is 13.8. The maximum absolute atomic E-state index is 13.2. The van der Waals surface area contributed by atoms with Crippen LogP contribution in [0.25, 0.3) is 10.9 Å². The lowest BCUT2D eigenvalue weighted by atomic mass is 10.0. The maximum Gasteiger partial charge on any atom is 0.252 e. The quantitative estimate of drug-likeness (QED) is 0.332. The van der Waals surface area contributed by atoms with Crippen molar-refractivity contribution in [2.75, 3.05) is 13.7 Å². The Morgan fingerprint density at radius 3 is 2.66 bits per heavy atom. The highest BCUT2D eigenvalue weighted by molar-refractivity contribution is 5.80. The largest absolute Gasteiger partial charge is 0.497 e. The standard InChI is InChI=1S/C29H36N6O3/c1-5-27(28-31-32-33-35(28)18-25-7-6-12-38-25)34(16-21-8-10-24(37-4)11-9-21)17-23-15-22-13-19(2)20(3)14-26(22)30-29(23)36/h8-11,13-15,25,27H,5-7,12,16-18H2,1-4H3,(H,30,36)/t25-,27-/m0/s1. The van der Waals surface area contributed by atoms with Crippen LogP contribution in [0.3, 0.4) is 0 Å². The van der Waals surface area contributed by atoms with Gasteiger partial charge in [0.2, 0.25) is 0 Å². The summed E-state index contributed by atoms with van der Waals surface area (Å²) in [4.78, 5) is 18.6. The lowest BCUT2D eigenvalue weighted by Crippen LogP contribution is -2.33. The minimum Gasteiger partial charge on any atom is -0.497 e. The average molecular weight is 517 g/mol. The van der Waals surface area contributed by atoms with Gasteiger partial charge >= 0.3 is 0 Å². The summed E-state index contributed by atoms with van der Waals surface area (Å²) < 4.78 is 13.1. The molecule has 0 aliphatic carbocycles. The summed E-state index contributed by atoms with van der Waals surface area (Å²) in [6, 6.07) is 14.1. The molecule has 1 aliphatic rings. The van der Waals surface area contributed by atoms with E-state index in [4.69, 9.17) is 9.47 Å².